The van der Waals surface area contributed by atoms with E-state index in [-0.39, 0.29) is 5.91 Å². The van der Waals surface area contributed by atoms with Gasteiger partial charge < -0.3 is 29.2 Å². The van der Waals surface area contributed by atoms with Crippen LogP contribution >= 0.6 is 0 Å². The number of carbonyl (C=O) groups is 2. The summed E-state index contributed by atoms with van der Waals surface area (Å²) in [6.45, 7) is 17.5. The van der Waals surface area contributed by atoms with E-state index in [2.05, 4.69) is 10.2 Å². The molecule has 3 heterocycles. The topological polar surface area (TPSA) is 106 Å². The maximum absolute atomic E-state index is 12.9. The molecule has 11 heteroatoms. The summed E-state index contributed by atoms with van der Waals surface area (Å²) >= 11 is 0. The third-order valence-electron chi connectivity index (χ3n) is 7.91. The van der Waals surface area contributed by atoms with Crippen molar-refractivity contribution in [3.05, 3.63) is 12.4 Å². The molecule has 4 rings (SSSR count). The second-order valence-electron chi connectivity index (χ2n) is 12.9. The number of rotatable bonds is 7. The molecule has 0 aromatic carbocycles. The number of nitrogens with zero attached hydrogens (tertiary/aromatic N) is 4. The van der Waals surface area contributed by atoms with Crippen LogP contribution in [0.3, 0.4) is 0 Å². The molecule has 1 aromatic rings. The van der Waals surface area contributed by atoms with Gasteiger partial charge in [-0.25, -0.2) is 14.8 Å². The quantitative estimate of drug-likeness (QED) is 0.538. The van der Waals surface area contributed by atoms with Gasteiger partial charge in [0.2, 0.25) is 11.9 Å². The summed E-state index contributed by atoms with van der Waals surface area (Å²) in [5.74, 6) is 1.11. The molecule has 1 aliphatic carbocycles. The highest BCUT2D eigenvalue weighted by Gasteiger charge is 2.52. The number of amides is 2. The molecule has 2 saturated heterocycles. The van der Waals surface area contributed by atoms with E-state index in [1.54, 1.807) is 27.7 Å². The van der Waals surface area contributed by atoms with Gasteiger partial charge in [0.1, 0.15) is 11.6 Å². The third kappa shape index (κ3) is 6.78. The smallest absolute Gasteiger partial charge is 0.444 e. The van der Waals surface area contributed by atoms with Gasteiger partial charge in [-0.05, 0) is 87.0 Å². The van der Waals surface area contributed by atoms with Crippen LogP contribution < -0.4 is 15.7 Å². The normalized spacial score (nSPS) is 22.2. The molecule has 0 spiro atoms. The van der Waals surface area contributed by atoms with Crippen molar-refractivity contribution < 1.29 is 23.6 Å². The van der Waals surface area contributed by atoms with Crippen molar-refractivity contribution in [2.45, 2.75) is 110 Å². The molecule has 2 amide bonds. The Morgan fingerprint density at radius 1 is 1.11 bits per heavy atom. The maximum atomic E-state index is 12.9. The van der Waals surface area contributed by atoms with Crippen LogP contribution in [0.1, 0.15) is 81.1 Å². The first-order valence-electron chi connectivity index (χ1n) is 13.9. The van der Waals surface area contributed by atoms with Crippen LogP contribution in [0, 0.1) is 5.92 Å². The molecule has 3 fully saturated rings. The number of aromatic nitrogens is 2. The highest BCUT2D eigenvalue weighted by molar-refractivity contribution is 6.61. The summed E-state index contributed by atoms with van der Waals surface area (Å²) in [5.41, 5.74) is -0.592. The number of likely N-dealkylation sites (tertiary alicyclic amines) is 1. The zero-order valence-corrected chi connectivity index (χ0v) is 24.2. The molecule has 0 radical (unpaired) electrons. The minimum absolute atomic E-state index is 0.0741. The van der Waals surface area contributed by atoms with Gasteiger partial charge in [0, 0.05) is 43.5 Å². The van der Waals surface area contributed by atoms with Crippen molar-refractivity contribution in [1.29, 1.82) is 0 Å². The standard InChI is InChI=1S/C27H44BN5O5/c1-18(31-24(35)36-25(2,3)4)22(34)32-13-11-19(12-14-32)17-33(21-9-10-21)23-29-15-20(16-30-23)28-37-26(5,6)27(7,8)38-28/h15-16,18-19,21H,9-14,17H2,1-8H3,(H,31,35)/t18-/m0/s1. The molecule has 1 saturated carbocycles. The average Bonchev–Trinajstić information content (AvgIpc) is 3.62. The Kier molecular flexibility index (Phi) is 8.01. The molecule has 1 N–H and O–H groups in total. The summed E-state index contributed by atoms with van der Waals surface area (Å²) in [6, 6.07) is -0.157. The van der Waals surface area contributed by atoms with Gasteiger partial charge in [-0.15, -0.1) is 0 Å². The van der Waals surface area contributed by atoms with E-state index in [9.17, 15) is 9.59 Å². The SMILES string of the molecule is C[C@H](NC(=O)OC(C)(C)C)C(=O)N1CCC(CN(c2ncc(B3OC(C)(C)C(C)(C)O3)cn2)C2CC2)CC1. The third-order valence-corrected chi connectivity index (χ3v) is 7.91. The molecule has 2 aliphatic heterocycles. The van der Waals surface area contributed by atoms with Crippen molar-refractivity contribution in [3.8, 4) is 0 Å². The minimum Gasteiger partial charge on any atom is -0.444 e. The molecular formula is C27H44BN5O5. The molecule has 210 valence electrons. The van der Waals surface area contributed by atoms with Gasteiger partial charge in [-0.3, -0.25) is 4.79 Å². The van der Waals surface area contributed by atoms with Crippen LogP contribution in [0.4, 0.5) is 10.7 Å². The Hall–Kier alpha value is -2.40. The molecule has 38 heavy (non-hydrogen) atoms. The number of anilines is 1. The number of nitrogens with one attached hydrogen (secondary N) is 1. The fourth-order valence-electron chi connectivity index (χ4n) is 4.79. The Balaban J connectivity index is 1.30. The molecular weight excluding hydrogens is 485 g/mol. The van der Waals surface area contributed by atoms with Crippen molar-refractivity contribution in [2.75, 3.05) is 24.5 Å². The first-order valence-corrected chi connectivity index (χ1v) is 13.9. The number of hydrogen-bond acceptors (Lipinski definition) is 8. The van der Waals surface area contributed by atoms with Crippen molar-refractivity contribution >= 4 is 30.5 Å². The lowest BCUT2D eigenvalue weighted by Gasteiger charge is -2.36. The highest BCUT2D eigenvalue weighted by atomic mass is 16.7. The van der Waals surface area contributed by atoms with Gasteiger partial charge in [-0.1, -0.05) is 0 Å². The lowest BCUT2D eigenvalue weighted by Crippen LogP contribution is -2.51. The van der Waals surface area contributed by atoms with Gasteiger partial charge >= 0.3 is 13.2 Å². The van der Waals surface area contributed by atoms with E-state index in [0.29, 0.717) is 25.0 Å². The molecule has 0 bridgehead atoms. The molecule has 1 aromatic heterocycles. The van der Waals surface area contributed by atoms with E-state index in [0.717, 1.165) is 43.6 Å². The van der Waals surface area contributed by atoms with E-state index in [1.807, 2.05) is 45.0 Å². The number of hydrogen-bond donors (Lipinski definition) is 1. The van der Waals surface area contributed by atoms with Crippen LogP contribution in [0.25, 0.3) is 0 Å². The first-order chi connectivity index (χ1) is 17.6. The fraction of sp³-hybridized carbons (Fsp3) is 0.778. The summed E-state index contributed by atoms with van der Waals surface area (Å²) in [5, 5.41) is 2.66. The van der Waals surface area contributed by atoms with E-state index < -0.39 is 36.1 Å². The van der Waals surface area contributed by atoms with E-state index in [4.69, 9.17) is 24.0 Å². The Labute approximate surface area is 227 Å². The molecule has 3 aliphatic rings. The predicted molar refractivity (Wildman–Crippen MR) is 146 cm³/mol. The van der Waals surface area contributed by atoms with Crippen molar-refractivity contribution in [1.82, 2.24) is 20.2 Å². The molecule has 10 nitrogen and oxygen atoms in total. The number of carbonyl (C=O) groups excluding carboxylic acids is 2. The van der Waals surface area contributed by atoms with Crippen LogP contribution in [-0.2, 0) is 18.8 Å². The molecule has 0 unspecified atom stereocenters. The average molecular weight is 529 g/mol. The Morgan fingerprint density at radius 2 is 1.66 bits per heavy atom. The van der Waals surface area contributed by atoms with Gasteiger partial charge in [0.15, 0.2) is 0 Å². The summed E-state index contributed by atoms with van der Waals surface area (Å²) in [7, 11) is -0.475. The Morgan fingerprint density at radius 3 is 2.16 bits per heavy atom. The lowest BCUT2D eigenvalue weighted by molar-refractivity contribution is -0.134. The Bertz CT molecular complexity index is 984. The van der Waals surface area contributed by atoms with E-state index in [1.165, 1.54) is 0 Å². The first kappa shape index (κ1) is 28.6. The monoisotopic (exact) mass is 529 g/mol. The fourth-order valence-corrected chi connectivity index (χ4v) is 4.79. The van der Waals surface area contributed by atoms with Crippen molar-refractivity contribution in [2.24, 2.45) is 5.92 Å². The van der Waals surface area contributed by atoms with Crippen LogP contribution in [0.2, 0.25) is 0 Å². The second-order valence-corrected chi connectivity index (χ2v) is 12.9. The van der Waals surface area contributed by atoms with Gasteiger partial charge in [-0.2, -0.15) is 0 Å². The summed E-state index contributed by atoms with van der Waals surface area (Å²) in [6.07, 6.45) is 7.17. The van der Waals surface area contributed by atoms with Gasteiger partial charge in [0.25, 0.3) is 0 Å². The van der Waals surface area contributed by atoms with E-state index >= 15 is 0 Å². The number of alkyl carbamates (subject to hydrolysis) is 1. The second kappa shape index (κ2) is 10.6. The molecule has 1 atom stereocenters. The largest absolute Gasteiger partial charge is 0.498 e. The zero-order chi connectivity index (χ0) is 27.9. The van der Waals surface area contributed by atoms with Crippen LogP contribution in [0.5, 0.6) is 0 Å². The van der Waals surface area contributed by atoms with Crippen molar-refractivity contribution in [3.63, 3.8) is 0 Å². The zero-order valence-electron chi connectivity index (χ0n) is 24.2. The summed E-state index contributed by atoms with van der Waals surface area (Å²) in [4.78, 5) is 38.5. The highest BCUT2D eigenvalue weighted by Crippen LogP contribution is 2.36. The lowest BCUT2D eigenvalue weighted by atomic mass is 9.81. The van der Waals surface area contributed by atoms with Crippen LogP contribution in [0.15, 0.2) is 12.4 Å². The number of ether oxygens (including phenoxy) is 1. The number of piperidine rings is 1. The summed E-state index contributed by atoms with van der Waals surface area (Å²) < 4.78 is 17.6. The van der Waals surface area contributed by atoms with Gasteiger partial charge in [0.05, 0.1) is 11.2 Å². The minimum atomic E-state index is -0.625. The van der Waals surface area contributed by atoms with Crippen LogP contribution in [-0.4, -0.2) is 82.5 Å². The maximum Gasteiger partial charge on any atom is 0.498 e. The predicted octanol–water partition coefficient (Wildman–Crippen LogP) is 2.90.